The van der Waals surface area contributed by atoms with E-state index in [9.17, 15) is 0 Å². The van der Waals surface area contributed by atoms with Crippen LogP contribution in [0.15, 0.2) is 24.3 Å². The first kappa shape index (κ1) is 16.2. The van der Waals surface area contributed by atoms with Crippen molar-refractivity contribution in [2.24, 2.45) is 0 Å². The number of nitrogens with zero attached hydrogens (tertiary/aromatic N) is 1. The molecule has 0 bridgehead atoms. The third-order valence-electron chi connectivity index (χ3n) is 3.65. The summed E-state index contributed by atoms with van der Waals surface area (Å²) in [5.41, 5.74) is 0.946. The Kier molecular flexibility index (Phi) is 6.96. The number of piperidine rings is 1. The maximum atomic E-state index is 5.80. The summed E-state index contributed by atoms with van der Waals surface area (Å²) in [6.07, 6.45) is 4.99. The molecule has 21 heavy (non-hydrogen) atoms. The van der Waals surface area contributed by atoms with Gasteiger partial charge in [-0.05, 0) is 68.8 Å². The van der Waals surface area contributed by atoms with E-state index < -0.39 is 0 Å². The molecule has 0 radical (unpaired) electrons. The minimum Gasteiger partial charge on any atom is -0.492 e. The fraction of sp³-hybridized carbons (Fsp3) is 0.588. The lowest BCUT2D eigenvalue weighted by molar-refractivity contribution is 0.183. The van der Waals surface area contributed by atoms with Crippen LogP contribution in [0, 0.1) is 0 Å². The van der Waals surface area contributed by atoms with Gasteiger partial charge >= 0.3 is 0 Å². The van der Waals surface area contributed by atoms with E-state index in [0.717, 1.165) is 30.9 Å². The molecule has 0 aliphatic carbocycles. The van der Waals surface area contributed by atoms with Gasteiger partial charge in [0.25, 0.3) is 0 Å². The number of likely N-dealkylation sites (tertiary alicyclic amines) is 1. The van der Waals surface area contributed by atoms with E-state index in [0.29, 0.717) is 11.7 Å². The van der Waals surface area contributed by atoms with Gasteiger partial charge in [-0.2, -0.15) is 0 Å². The Morgan fingerprint density at radius 2 is 1.81 bits per heavy atom. The molecule has 0 N–H and O–H groups in total. The normalized spacial score (nSPS) is 15.7. The van der Waals surface area contributed by atoms with Crippen molar-refractivity contribution in [2.75, 3.05) is 32.8 Å². The molecule has 1 aliphatic rings. The summed E-state index contributed by atoms with van der Waals surface area (Å²) in [6, 6.07) is 7.86. The second-order valence-corrected chi connectivity index (χ2v) is 5.78. The molecule has 0 amide bonds. The highest BCUT2D eigenvalue weighted by atomic mass is 32.1. The molecule has 4 heteroatoms. The number of benzene rings is 1. The zero-order chi connectivity index (χ0) is 14.9. The minimum atomic E-state index is 0.566. The Bertz CT molecular complexity index is 427. The van der Waals surface area contributed by atoms with Crippen LogP contribution < -0.4 is 4.74 Å². The topological polar surface area (TPSA) is 21.7 Å². The van der Waals surface area contributed by atoms with E-state index in [1.807, 2.05) is 24.3 Å². The van der Waals surface area contributed by atoms with Crippen molar-refractivity contribution in [3.63, 3.8) is 0 Å². The van der Waals surface area contributed by atoms with Gasteiger partial charge < -0.3 is 9.47 Å². The molecule has 3 nitrogen and oxygen atoms in total. The van der Waals surface area contributed by atoms with E-state index >= 15 is 0 Å². The van der Waals surface area contributed by atoms with E-state index in [4.69, 9.17) is 21.7 Å². The predicted octanol–water partition coefficient (Wildman–Crippen LogP) is 3.65. The number of hydrogen-bond donors (Lipinski definition) is 0. The standard InChI is InChI=1S/C17H25NO2S/c1-2-13-20-17(21)15-6-8-16(9-7-15)19-14-12-18-10-4-3-5-11-18/h6-9H,2-5,10-14H2,1H3. The first-order chi connectivity index (χ1) is 10.3. The smallest absolute Gasteiger partial charge is 0.191 e. The summed E-state index contributed by atoms with van der Waals surface area (Å²) in [7, 11) is 0. The molecule has 1 saturated heterocycles. The Hall–Kier alpha value is -1.13. The minimum absolute atomic E-state index is 0.566. The molecule has 2 rings (SSSR count). The number of hydrogen-bond acceptors (Lipinski definition) is 4. The van der Waals surface area contributed by atoms with Crippen molar-refractivity contribution in [3.8, 4) is 5.75 Å². The monoisotopic (exact) mass is 307 g/mol. The van der Waals surface area contributed by atoms with Gasteiger partial charge in [-0.15, -0.1) is 0 Å². The molecule has 0 spiro atoms. The highest BCUT2D eigenvalue weighted by molar-refractivity contribution is 7.80. The van der Waals surface area contributed by atoms with Crippen LogP contribution in [0.2, 0.25) is 0 Å². The Balaban J connectivity index is 1.72. The van der Waals surface area contributed by atoms with E-state index in [2.05, 4.69) is 11.8 Å². The third kappa shape index (κ3) is 5.64. The van der Waals surface area contributed by atoms with Gasteiger partial charge in [0.15, 0.2) is 5.05 Å². The molecule has 1 heterocycles. The van der Waals surface area contributed by atoms with Gasteiger partial charge in [0, 0.05) is 12.1 Å². The first-order valence-corrected chi connectivity index (χ1v) is 8.33. The van der Waals surface area contributed by atoms with Gasteiger partial charge in [-0.1, -0.05) is 13.3 Å². The molecular formula is C17H25NO2S. The summed E-state index contributed by atoms with van der Waals surface area (Å²) < 4.78 is 11.3. The van der Waals surface area contributed by atoms with Crippen LogP contribution >= 0.6 is 12.2 Å². The molecular weight excluding hydrogens is 282 g/mol. The predicted molar refractivity (Wildman–Crippen MR) is 90.2 cm³/mol. The fourth-order valence-electron chi connectivity index (χ4n) is 2.44. The number of thiocarbonyl (C=S) groups is 1. The first-order valence-electron chi connectivity index (χ1n) is 7.92. The third-order valence-corrected chi connectivity index (χ3v) is 4.01. The average molecular weight is 307 g/mol. The van der Waals surface area contributed by atoms with Crippen LogP contribution in [0.1, 0.15) is 38.2 Å². The zero-order valence-electron chi connectivity index (χ0n) is 12.8. The average Bonchev–Trinajstić information content (AvgIpc) is 2.54. The van der Waals surface area contributed by atoms with E-state index in [-0.39, 0.29) is 0 Å². The maximum absolute atomic E-state index is 5.80. The number of rotatable bonds is 7. The van der Waals surface area contributed by atoms with Crippen LogP contribution in [-0.2, 0) is 4.74 Å². The van der Waals surface area contributed by atoms with Gasteiger partial charge in [0.2, 0.25) is 0 Å². The number of ether oxygens (including phenoxy) is 2. The maximum Gasteiger partial charge on any atom is 0.191 e. The quantitative estimate of drug-likeness (QED) is 0.717. The van der Waals surface area contributed by atoms with Gasteiger partial charge in [0.05, 0.1) is 6.61 Å². The van der Waals surface area contributed by atoms with Crippen LogP contribution in [0.3, 0.4) is 0 Å². The molecule has 1 fully saturated rings. The Morgan fingerprint density at radius 1 is 1.10 bits per heavy atom. The van der Waals surface area contributed by atoms with Gasteiger partial charge in [-0.25, -0.2) is 0 Å². The summed E-state index contributed by atoms with van der Waals surface area (Å²) in [4.78, 5) is 2.48. The molecule has 1 aliphatic heterocycles. The van der Waals surface area contributed by atoms with Crippen LogP contribution in [0.25, 0.3) is 0 Å². The molecule has 1 aromatic rings. The second-order valence-electron chi connectivity index (χ2n) is 5.41. The van der Waals surface area contributed by atoms with Crippen molar-refractivity contribution >= 4 is 17.3 Å². The molecule has 0 saturated carbocycles. The van der Waals surface area contributed by atoms with E-state index in [1.54, 1.807) is 0 Å². The second kappa shape index (κ2) is 9.00. The molecule has 0 unspecified atom stereocenters. The highest BCUT2D eigenvalue weighted by Gasteiger charge is 2.09. The van der Waals surface area contributed by atoms with Crippen molar-refractivity contribution in [1.29, 1.82) is 0 Å². The molecule has 0 atom stereocenters. The fourth-order valence-corrected chi connectivity index (χ4v) is 2.66. The summed E-state index contributed by atoms with van der Waals surface area (Å²) in [5, 5.41) is 0.566. The van der Waals surface area contributed by atoms with Gasteiger partial charge in [0.1, 0.15) is 12.4 Å². The van der Waals surface area contributed by atoms with Crippen molar-refractivity contribution < 1.29 is 9.47 Å². The van der Waals surface area contributed by atoms with Crippen LogP contribution in [0.5, 0.6) is 5.75 Å². The Morgan fingerprint density at radius 3 is 2.48 bits per heavy atom. The Labute approximate surface area is 133 Å². The molecule has 0 aromatic heterocycles. The zero-order valence-corrected chi connectivity index (χ0v) is 13.7. The van der Waals surface area contributed by atoms with Crippen LogP contribution in [0.4, 0.5) is 0 Å². The van der Waals surface area contributed by atoms with E-state index in [1.165, 1.54) is 32.4 Å². The summed E-state index contributed by atoms with van der Waals surface area (Å²) in [6.45, 7) is 6.93. The lowest BCUT2D eigenvalue weighted by Crippen LogP contribution is -2.33. The van der Waals surface area contributed by atoms with Crippen molar-refractivity contribution in [1.82, 2.24) is 4.90 Å². The summed E-state index contributed by atoms with van der Waals surface area (Å²) in [5.74, 6) is 0.897. The van der Waals surface area contributed by atoms with Crippen molar-refractivity contribution in [3.05, 3.63) is 29.8 Å². The molecule has 1 aromatic carbocycles. The SMILES string of the molecule is CCCOC(=S)c1ccc(OCCN2CCCCC2)cc1. The lowest BCUT2D eigenvalue weighted by atomic mass is 10.1. The van der Waals surface area contributed by atoms with Gasteiger partial charge in [-0.3, -0.25) is 4.90 Å². The summed E-state index contributed by atoms with van der Waals surface area (Å²) >= 11 is 5.23. The van der Waals surface area contributed by atoms with Crippen LogP contribution in [-0.4, -0.2) is 42.8 Å². The molecule has 116 valence electrons. The lowest BCUT2D eigenvalue weighted by Gasteiger charge is -2.26. The highest BCUT2D eigenvalue weighted by Crippen LogP contribution is 2.14. The van der Waals surface area contributed by atoms with Crippen molar-refractivity contribution in [2.45, 2.75) is 32.6 Å². The largest absolute Gasteiger partial charge is 0.492 e.